The summed E-state index contributed by atoms with van der Waals surface area (Å²) >= 11 is 25.5. The largest absolute Gasteiger partial charge is 0.342 e. The molecule has 0 radical (unpaired) electrons. The third kappa shape index (κ3) is 6.95. The van der Waals surface area contributed by atoms with E-state index < -0.39 is 6.04 Å². The van der Waals surface area contributed by atoms with Gasteiger partial charge in [-0.25, -0.2) is 0 Å². The molecular formula is C24H23Cl4N5O2S. The van der Waals surface area contributed by atoms with Gasteiger partial charge in [0.2, 0.25) is 5.91 Å². The summed E-state index contributed by atoms with van der Waals surface area (Å²) in [4.78, 5) is 25.5. The van der Waals surface area contributed by atoms with Gasteiger partial charge in [-0.3, -0.25) is 9.59 Å². The van der Waals surface area contributed by atoms with Gasteiger partial charge in [0.05, 0.1) is 43.1 Å². The number of anilines is 1. The van der Waals surface area contributed by atoms with Crippen molar-refractivity contribution in [2.75, 3.05) is 11.1 Å². The van der Waals surface area contributed by atoms with Gasteiger partial charge in [0, 0.05) is 6.54 Å². The van der Waals surface area contributed by atoms with Crippen LogP contribution in [0.25, 0.3) is 0 Å². The molecule has 0 fully saturated rings. The monoisotopic (exact) mass is 585 g/mol. The highest BCUT2D eigenvalue weighted by atomic mass is 35.5. The Balaban J connectivity index is 1.77. The van der Waals surface area contributed by atoms with Crippen LogP contribution in [0.3, 0.4) is 0 Å². The van der Waals surface area contributed by atoms with E-state index in [0.717, 1.165) is 0 Å². The molecule has 2 amide bonds. The van der Waals surface area contributed by atoms with E-state index in [4.69, 9.17) is 46.4 Å². The van der Waals surface area contributed by atoms with Crippen LogP contribution in [0.15, 0.2) is 54.2 Å². The van der Waals surface area contributed by atoms with E-state index in [9.17, 15) is 9.59 Å². The maximum atomic E-state index is 12.9. The van der Waals surface area contributed by atoms with Crippen LogP contribution in [-0.4, -0.2) is 32.3 Å². The topological polar surface area (TPSA) is 88.9 Å². The summed E-state index contributed by atoms with van der Waals surface area (Å²) in [5.74, 6) is -0.0747. The predicted molar refractivity (Wildman–Crippen MR) is 148 cm³/mol. The number of halogens is 4. The maximum Gasteiger partial charge on any atom is 0.253 e. The average molecular weight is 587 g/mol. The van der Waals surface area contributed by atoms with E-state index in [2.05, 4.69) is 27.4 Å². The van der Waals surface area contributed by atoms with Crippen LogP contribution in [0.1, 0.15) is 36.1 Å². The Bertz CT molecular complexity index is 1280. The molecule has 190 valence electrons. The van der Waals surface area contributed by atoms with Crippen molar-refractivity contribution < 1.29 is 9.59 Å². The highest BCUT2D eigenvalue weighted by Crippen LogP contribution is 2.32. The molecule has 3 aromatic rings. The number of nitrogens with zero attached hydrogens (tertiary/aromatic N) is 3. The second-order valence-electron chi connectivity index (χ2n) is 8.00. The highest BCUT2D eigenvalue weighted by Gasteiger charge is 2.27. The first-order valence-corrected chi connectivity index (χ1v) is 13.3. The number of nitrogens with one attached hydrogen (secondary N) is 2. The number of allylic oxidation sites excluding steroid dienone is 1. The van der Waals surface area contributed by atoms with Gasteiger partial charge in [-0.2, -0.15) is 0 Å². The molecular weight excluding hydrogens is 564 g/mol. The van der Waals surface area contributed by atoms with Gasteiger partial charge in [0.25, 0.3) is 5.91 Å². The summed E-state index contributed by atoms with van der Waals surface area (Å²) < 4.78 is 1.81. The molecule has 0 saturated heterocycles. The summed E-state index contributed by atoms with van der Waals surface area (Å²) in [7, 11) is 0. The molecule has 0 aliphatic heterocycles. The van der Waals surface area contributed by atoms with Gasteiger partial charge < -0.3 is 15.2 Å². The Morgan fingerprint density at radius 3 is 2.42 bits per heavy atom. The zero-order valence-electron chi connectivity index (χ0n) is 19.4. The van der Waals surface area contributed by atoms with Gasteiger partial charge in [0.1, 0.15) is 0 Å². The van der Waals surface area contributed by atoms with E-state index in [1.54, 1.807) is 30.3 Å². The second-order valence-corrected chi connectivity index (χ2v) is 10.6. The fourth-order valence-electron chi connectivity index (χ4n) is 3.27. The number of benzene rings is 2. The molecule has 0 aliphatic rings. The molecule has 1 heterocycles. The molecule has 36 heavy (non-hydrogen) atoms. The average Bonchev–Trinajstić information content (AvgIpc) is 3.22. The summed E-state index contributed by atoms with van der Waals surface area (Å²) in [6.45, 7) is 8.12. The Kier molecular flexibility index (Phi) is 10.1. The van der Waals surface area contributed by atoms with Gasteiger partial charge in [-0.15, -0.1) is 16.8 Å². The molecule has 2 aromatic carbocycles. The highest BCUT2D eigenvalue weighted by molar-refractivity contribution is 7.99. The van der Waals surface area contributed by atoms with Crippen molar-refractivity contribution in [2.24, 2.45) is 5.92 Å². The zero-order chi connectivity index (χ0) is 26.4. The first-order chi connectivity index (χ1) is 17.1. The maximum absolute atomic E-state index is 12.9. The number of aromatic nitrogens is 3. The van der Waals surface area contributed by atoms with Crippen LogP contribution in [0, 0.1) is 5.92 Å². The van der Waals surface area contributed by atoms with Crippen molar-refractivity contribution in [3.05, 3.63) is 80.5 Å². The molecule has 0 spiro atoms. The summed E-state index contributed by atoms with van der Waals surface area (Å²) in [6.07, 6.45) is 1.69. The van der Waals surface area contributed by atoms with Crippen LogP contribution >= 0.6 is 58.2 Å². The number of amides is 2. The Morgan fingerprint density at radius 2 is 1.75 bits per heavy atom. The quantitative estimate of drug-likeness (QED) is 0.153. The summed E-state index contributed by atoms with van der Waals surface area (Å²) in [6, 6.07) is 9.31. The SMILES string of the molecule is C=CCn1c(SCC(=O)Nc2cc(Cl)c(Cl)cc2Cl)nnc1[C@@H](NC(=O)c1ccccc1Cl)C(C)C. The molecule has 0 unspecified atom stereocenters. The molecule has 2 N–H and O–H groups in total. The van der Waals surface area contributed by atoms with Crippen LogP contribution < -0.4 is 10.6 Å². The van der Waals surface area contributed by atoms with Crippen molar-refractivity contribution >= 4 is 75.7 Å². The number of hydrogen-bond acceptors (Lipinski definition) is 5. The lowest BCUT2D eigenvalue weighted by Crippen LogP contribution is -2.34. The Hall–Kier alpha value is -2.23. The van der Waals surface area contributed by atoms with Gasteiger partial charge in [0.15, 0.2) is 11.0 Å². The molecule has 12 heteroatoms. The van der Waals surface area contributed by atoms with Crippen LogP contribution in [-0.2, 0) is 11.3 Å². The minimum absolute atomic E-state index is 0.0119. The van der Waals surface area contributed by atoms with E-state index in [0.29, 0.717) is 38.8 Å². The lowest BCUT2D eigenvalue weighted by molar-refractivity contribution is -0.113. The third-order valence-electron chi connectivity index (χ3n) is 5.02. The number of carbonyl (C=O) groups is 2. The molecule has 0 aliphatic carbocycles. The number of rotatable bonds is 10. The number of carbonyl (C=O) groups excluding carboxylic acids is 2. The first kappa shape index (κ1) is 28.3. The van der Waals surface area contributed by atoms with Crippen molar-refractivity contribution in [2.45, 2.75) is 31.6 Å². The second kappa shape index (κ2) is 12.8. The minimum atomic E-state index is -0.459. The first-order valence-electron chi connectivity index (χ1n) is 10.8. The summed E-state index contributed by atoms with van der Waals surface area (Å²) in [5.41, 5.74) is 0.721. The number of thioether (sulfide) groups is 1. The molecule has 1 aromatic heterocycles. The molecule has 3 rings (SSSR count). The molecule has 0 bridgehead atoms. The van der Waals surface area contributed by atoms with E-state index >= 15 is 0 Å². The van der Waals surface area contributed by atoms with Crippen LogP contribution in [0.2, 0.25) is 20.1 Å². The van der Waals surface area contributed by atoms with Crippen LogP contribution in [0.4, 0.5) is 5.69 Å². The molecule has 7 nitrogen and oxygen atoms in total. The van der Waals surface area contributed by atoms with E-state index in [-0.39, 0.29) is 33.5 Å². The molecule has 0 saturated carbocycles. The smallest absolute Gasteiger partial charge is 0.253 e. The fourth-order valence-corrected chi connectivity index (χ4v) is 4.84. The predicted octanol–water partition coefficient (Wildman–Crippen LogP) is 6.94. The van der Waals surface area contributed by atoms with Gasteiger partial charge >= 0.3 is 0 Å². The number of hydrogen-bond donors (Lipinski definition) is 2. The fraction of sp³-hybridized carbons (Fsp3) is 0.250. The van der Waals surface area contributed by atoms with Crippen molar-refractivity contribution in [1.29, 1.82) is 0 Å². The van der Waals surface area contributed by atoms with E-state index in [1.165, 1.54) is 23.9 Å². The minimum Gasteiger partial charge on any atom is -0.342 e. The Morgan fingerprint density at radius 1 is 1.06 bits per heavy atom. The lowest BCUT2D eigenvalue weighted by Gasteiger charge is -2.23. The van der Waals surface area contributed by atoms with Gasteiger partial charge in [-0.05, 0) is 30.2 Å². The van der Waals surface area contributed by atoms with Crippen molar-refractivity contribution in [3.8, 4) is 0 Å². The van der Waals surface area contributed by atoms with Gasteiger partial charge in [-0.1, -0.05) is 90.2 Å². The molecule has 1 atom stereocenters. The lowest BCUT2D eigenvalue weighted by atomic mass is 10.0. The standard InChI is InChI=1S/C24H23Cl4N5O2S/c1-4-9-33-22(21(13(2)3)30-23(35)14-7-5-6-8-15(14)25)31-32-24(33)36-12-20(34)29-19-11-17(27)16(26)10-18(19)28/h4-8,10-11,13,21H,1,9,12H2,2-3H3,(H,29,34)(H,30,35)/t21-/m0/s1. The zero-order valence-corrected chi connectivity index (χ0v) is 23.2. The van der Waals surface area contributed by atoms with Crippen LogP contribution in [0.5, 0.6) is 0 Å². The third-order valence-corrected chi connectivity index (χ3v) is 7.35. The summed E-state index contributed by atoms with van der Waals surface area (Å²) in [5, 5.41) is 16.0. The normalized spacial score (nSPS) is 11.9. The van der Waals surface area contributed by atoms with Crippen molar-refractivity contribution in [3.63, 3.8) is 0 Å². The Labute approximate surface area is 233 Å². The van der Waals surface area contributed by atoms with E-state index in [1.807, 2.05) is 18.4 Å². The van der Waals surface area contributed by atoms with Crippen molar-refractivity contribution in [1.82, 2.24) is 20.1 Å².